The van der Waals surface area contributed by atoms with Crippen LogP contribution in [0.5, 0.6) is 5.75 Å². The Hall–Kier alpha value is -1.85. The van der Waals surface area contributed by atoms with Crippen LogP contribution in [0.25, 0.3) is 5.76 Å². The van der Waals surface area contributed by atoms with E-state index < -0.39 is 6.36 Å². The van der Waals surface area contributed by atoms with E-state index in [0.29, 0.717) is 18.1 Å². The van der Waals surface area contributed by atoms with Gasteiger partial charge >= 0.3 is 6.36 Å². The molecular weight excluding hydrogens is 223 g/mol. The highest BCUT2D eigenvalue weighted by Gasteiger charge is 2.31. The molecule has 3 nitrogen and oxygen atoms in total. The predicted octanol–water partition coefficient (Wildman–Crippen LogP) is 2.46. The quantitative estimate of drug-likeness (QED) is 0.848. The van der Waals surface area contributed by atoms with Gasteiger partial charge in [0.05, 0.1) is 0 Å². The maximum atomic E-state index is 11.9. The van der Waals surface area contributed by atoms with E-state index in [1.165, 1.54) is 24.3 Å². The van der Waals surface area contributed by atoms with Crippen molar-refractivity contribution >= 4 is 5.76 Å². The van der Waals surface area contributed by atoms with Crippen LogP contribution in [0.3, 0.4) is 0 Å². The second-order valence-electron chi connectivity index (χ2n) is 3.07. The molecular formula is C10H8F3NO2. The van der Waals surface area contributed by atoms with Crippen LogP contribution in [0.1, 0.15) is 5.56 Å². The lowest BCUT2D eigenvalue weighted by molar-refractivity contribution is -0.274. The van der Waals surface area contributed by atoms with Gasteiger partial charge in [-0.15, -0.1) is 13.2 Å². The molecule has 6 heteroatoms. The number of alkyl halides is 3. The van der Waals surface area contributed by atoms with Crippen LogP contribution in [0.4, 0.5) is 13.2 Å². The van der Waals surface area contributed by atoms with Crippen molar-refractivity contribution in [3.63, 3.8) is 0 Å². The van der Waals surface area contributed by atoms with Crippen LogP contribution in [0, 0.1) is 0 Å². The summed E-state index contributed by atoms with van der Waals surface area (Å²) in [6.07, 6.45) is -3.01. The fraction of sp³-hybridized carbons (Fsp3) is 0.200. The van der Waals surface area contributed by atoms with E-state index in [1.54, 1.807) is 6.20 Å². The van der Waals surface area contributed by atoms with Gasteiger partial charge in [-0.2, -0.15) is 0 Å². The van der Waals surface area contributed by atoms with Gasteiger partial charge in [-0.05, 0) is 24.3 Å². The summed E-state index contributed by atoms with van der Waals surface area (Å²) in [6.45, 7) is 0.371. The van der Waals surface area contributed by atoms with E-state index >= 15 is 0 Å². The van der Waals surface area contributed by atoms with Crippen molar-refractivity contribution in [2.24, 2.45) is 0 Å². The van der Waals surface area contributed by atoms with Crippen LogP contribution in [-0.4, -0.2) is 13.1 Å². The SMILES string of the molecule is FC(F)(F)Oc1ccc(C2=CNCO2)cc1. The van der Waals surface area contributed by atoms with Gasteiger partial charge in [0, 0.05) is 11.8 Å². The maximum absolute atomic E-state index is 11.9. The molecule has 0 saturated heterocycles. The third-order valence-electron chi connectivity index (χ3n) is 1.92. The Bertz CT molecular complexity index is 398. The second-order valence-corrected chi connectivity index (χ2v) is 3.07. The predicted molar refractivity (Wildman–Crippen MR) is 50.2 cm³/mol. The Kier molecular flexibility index (Phi) is 2.64. The molecule has 0 aromatic heterocycles. The van der Waals surface area contributed by atoms with Gasteiger partial charge in [-0.1, -0.05) is 0 Å². The highest BCUT2D eigenvalue weighted by molar-refractivity contribution is 5.61. The van der Waals surface area contributed by atoms with Gasteiger partial charge in [0.15, 0.2) is 6.73 Å². The summed E-state index contributed by atoms with van der Waals surface area (Å²) in [5, 5.41) is 2.83. The highest BCUT2D eigenvalue weighted by Crippen LogP contribution is 2.25. The third kappa shape index (κ3) is 2.59. The molecule has 1 N–H and O–H groups in total. The molecule has 86 valence electrons. The zero-order valence-electron chi connectivity index (χ0n) is 8.04. The lowest BCUT2D eigenvalue weighted by Gasteiger charge is -2.09. The van der Waals surface area contributed by atoms with Crippen LogP contribution in [0.2, 0.25) is 0 Å². The summed E-state index contributed by atoms with van der Waals surface area (Å²) >= 11 is 0. The molecule has 0 radical (unpaired) electrons. The fourth-order valence-corrected chi connectivity index (χ4v) is 1.28. The number of nitrogens with one attached hydrogen (secondary N) is 1. The Morgan fingerprint density at radius 3 is 2.38 bits per heavy atom. The molecule has 0 spiro atoms. The first kappa shape index (κ1) is 10.7. The van der Waals surface area contributed by atoms with Crippen LogP contribution in [-0.2, 0) is 4.74 Å². The molecule has 0 amide bonds. The van der Waals surface area contributed by atoms with Crippen molar-refractivity contribution in [2.75, 3.05) is 6.73 Å². The Balaban J connectivity index is 2.10. The minimum absolute atomic E-state index is 0.247. The molecule has 0 unspecified atom stereocenters. The largest absolute Gasteiger partial charge is 0.573 e. The second kappa shape index (κ2) is 3.96. The molecule has 1 aliphatic rings. The van der Waals surface area contributed by atoms with Crippen LogP contribution >= 0.6 is 0 Å². The normalized spacial score (nSPS) is 15.1. The number of hydrogen-bond donors (Lipinski definition) is 1. The summed E-state index contributed by atoms with van der Waals surface area (Å²) < 4.78 is 44.5. The summed E-state index contributed by atoms with van der Waals surface area (Å²) in [5.74, 6) is 0.348. The molecule has 1 aliphatic heterocycles. The van der Waals surface area contributed by atoms with Gasteiger partial charge < -0.3 is 14.8 Å². The first-order valence-corrected chi connectivity index (χ1v) is 4.47. The Morgan fingerprint density at radius 1 is 1.19 bits per heavy atom. The van der Waals surface area contributed by atoms with Crippen LogP contribution in [0.15, 0.2) is 30.5 Å². The Morgan fingerprint density at radius 2 is 1.88 bits per heavy atom. The molecule has 0 saturated carbocycles. The summed E-state index contributed by atoms with van der Waals surface area (Å²) in [6, 6.07) is 5.48. The topological polar surface area (TPSA) is 30.5 Å². The van der Waals surface area contributed by atoms with E-state index in [4.69, 9.17) is 4.74 Å². The Labute approximate surface area is 89.5 Å². The summed E-state index contributed by atoms with van der Waals surface area (Å²) in [4.78, 5) is 0. The smallest absolute Gasteiger partial charge is 0.471 e. The van der Waals surface area contributed by atoms with Crippen molar-refractivity contribution in [1.82, 2.24) is 5.32 Å². The molecule has 1 heterocycles. The zero-order valence-corrected chi connectivity index (χ0v) is 8.04. The lowest BCUT2D eigenvalue weighted by Crippen LogP contribution is -2.16. The molecule has 0 fully saturated rings. The summed E-state index contributed by atoms with van der Waals surface area (Å²) in [5.41, 5.74) is 0.694. The molecule has 1 aromatic rings. The minimum atomic E-state index is -4.66. The standard InChI is InChI=1S/C10H8F3NO2/c11-10(12,13)16-8-3-1-7(2-4-8)9-5-14-6-15-9/h1-5,14H,6H2. The highest BCUT2D eigenvalue weighted by atomic mass is 19.4. The van der Waals surface area contributed by atoms with Crippen molar-refractivity contribution in [2.45, 2.75) is 6.36 Å². The van der Waals surface area contributed by atoms with E-state index in [1.807, 2.05) is 0 Å². The van der Waals surface area contributed by atoms with Crippen molar-refractivity contribution in [3.05, 3.63) is 36.0 Å². The molecule has 2 rings (SSSR count). The summed E-state index contributed by atoms with van der Waals surface area (Å²) in [7, 11) is 0. The fourth-order valence-electron chi connectivity index (χ4n) is 1.28. The zero-order chi connectivity index (χ0) is 11.6. The van der Waals surface area contributed by atoms with Gasteiger partial charge in [0.2, 0.25) is 0 Å². The van der Waals surface area contributed by atoms with Gasteiger partial charge in [0.25, 0.3) is 0 Å². The van der Waals surface area contributed by atoms with Crippen molar-refractivity contribution in [3.8, 4) is 5.75 Å². The number of halogens is 3. The number of rotatable bonds is 2. The van der Waals surface area contributed by atoms with E-state index in [0.717, 1.165) is 0 Å². The molecule has 0 bridgehead atoms. The maximum Gasteiger partial charge on any atom is 0.573 e. The average molecular weight is 231 g/mol. The number of hydrogen-bond acceptors (Lipinski definition) is 3. The van der Waals surface area contributed by atoms with Gasteiger partial charge in [-0.25, -0.2) is 0 Å². The van der Waals surface area contributed by atoms with Crippen molar-refractivity contribution < 1.29 is 22.6 Å². The van der Waals surface area contributed by atoms with E-state index in [-0.39, 0.29) is 5.75 Å². The molecule has 0 aliphatic carbocycles. The van der Waals surface area contributed by atoms with E-state index in [2.05, 4.69) is 10.1 Å². The first-order chi connectivity index (χ1) is 7.54. The van der Waals surface area contributed by atoms with Crippen molar-refractivity contribution in [1.29, 1.82) is 0 Å². The lowest BCUT2D eigenvalue weighted by atomic mass is 10.2. The number of ether oxygens (including phenoxy) is 2. The van der Waals surface area contributed by atoms with Gasteiger partial charge in [-0.3, -0.25) is 0 Å². The molecule has 0 atom stereocenters. The van der Waals surface area contributed by atoms with E-state index in [9.17, 15) is 13.2 Å². The average Bonchev–Trinajstić information content (AvgIpc) is 2.69. The third-order valence-corrected chi connectivity index (χ3v) is 1.92. The van der Waals surface area contributed by atoms with Gasteiger partial charge in [0.1, 0.15) is 11.5 Å². The molecule has 16 heavy (non-hydrogen) atoms. The molecule has 1 aromatic carbocycles. The monoisotopic (exact) mass is 231 g/mol. The van der Waals surface area contributed by atoms with Crippen LogP contribution < -0.4 is 10.1 Å². The number of benzene rings is 1. The minimum Gasteiger partial charge on any atom is -0.471 e. The first-order valence-electron chi connectivity index (χ1n) is 4.47.